The van der Waals surface area contributed by atoms with E-state index >= 15 is 0 Å². The molecule has 17 heavy (non-hydrogen) atoms. The summed E-state index contributed by atoms with van der Waals surface area (Å²) < 4.78 is 5.78. The van der Waals surface area contributed by atoms with Gasteiger partial charge in [-0.05, 0) is 43.3 Å². The lowest BCUT2D eigenvalue weighted by Crippen LogP contribution is -2.18. The SMILES string of the molecule is CCc1ccc(C(Cc2ccncc2)NC)o1. The predicted octanol–water partition coefficient (Wildman–Crippen LogP) is 2.74. The predicted molar refractivity (Wildman–Crippen MR) is 67.8 cm³/mol. The molecule has 3 nitrogen and oxygen atoms in total. The van der Waals surface area contributed by atoms with Crippen LogP contribution in [0.4, 0.5) is 0 Å². The van der Waals surface area contributed by atoms with Gasteiger partial charge in [-0.1, -0.05) is 6.92 Å². The van der Waals surface area contributed by atoms with E-state index in [4.69, 9.17) is 4.42 Å². The minimum atomic E-state index is 0.220. The molecule has 0 aliphatic heterocycles. The maximum absolute atomic E-state index is 5.78. The third-order valence-corrected chi connectivity index (χ3v) is 2.91. The number of hydrogen-bond acceptors (Lipinski definition) is 3. The largest absolute Gasteiger partial charge is 0.464 e. The van der Waals surface area contributed by atoms with E-state index < -0.39 is 0 Å². The van der Waals surface area contributed by atoms with Crippen molar-refractivity contribution in [2.45, 2.75) is 25.8 Å². The van der Waals surface area contributed by atoms with E-state index in [-0.39, 0.29) is 6.04 Å². The average molecular weight is 230 g/mol. The molecule has 2 heterocycles. The summed E-state index contributed by atoms with van der Waals surface area (Å²) in [5.41, 5.74) is 1.26. The summed E-state index contributed by atoms with van der Waals surface area (Å²) in [5.74, 6) is 2.04. The number of aryl methyl sites for hydroxylation is 1. The second-order valence-corrected chi connectivity index (χ2v) is 4.06. The maximum atomic E-state index is 5.78. The van der Waals surface area contributed by atoms with Gasteiger partial charge in [-0.25, -0.2) is 0 Å². The van der Waals surface area contributed by atoms with Crippen LogP contribution in [0.3, 0.4) is 0 Å². The lowest BCUT2D eigenvalue weighted by Gasteiger charge is -2.13. The fourth-order valence-electron chi connectivity index (χ4n) is 1.87. The fourth-order valence-corrected chi connectivity index (χ4v) is 1.87. The molecule has 3 heteroatoms. The molecule has 2 aromatic rings. The number of hydrogen-bond donors (Lipinski definition) is 1. The molecule has 1 N–H and O–H groups in total. The fraction of sp³-hybridized carbons (Fsp3) is 0.357. The molecule has 0 aromatic carbocycles. The van der Waals surface area contributed by atoms with Crippen LogP contribution >= 0.6 is 0 Å². The number of furan rings is 1. The summed E-state index contributed by atoms with van der Waals surface area (Å²) in [7, 11) is 1.96. The zero-order valence-electron chi connectivity index (χ0n) is 10.3. The van der Waals surface area contributed by atoms with Gasteiger partial charge in [0.1, 0.15) is 11.5 Å². The average Bonchev–Trinajstić information content (AvgIpc) is 2.86. The molecule has 0 bridgehead atoms. The molecule has 0 spiro atoms. The van der Waals surface area contributed by atoms with Gasteiger partial charge >= 0.3 is 0 Å². The molecule has 1 atom stereocenters. The Balaban J connectivity index is 2.11. The van der Waals surface area contributed by atoms with E-state index in [0.717, 1.165) is 24.4 Å². The smallest absolute Gasteiger partial charge is 0.121 e. The number of nitrogens with zero attached hydrogens (tertiary/aromatic N) is 1. The van der Waals surface area contributed by atoms with E-state index in [1.807, 2.05) is 37.6 Å². The van der Waals surface area contributed by atoms with Crippen molar-refractivity contribution < 1.29 is 4.42 Å². The Hall–Kier alpha value is -1.61. The van der Waals surface area contributed by atoms with E-state index in [0.29, 0.717) is 0 Å². The highest BCUT2D eigenvalue weighted by molar-refractivity contribution is 5.17. The molecule has 2 aromatic heterocycles. The van der Waals surface area contributed by atoms with Crippen molar-refractivity contribution in [3.63, 3.8) is 0 Å². The third kappa shape index (κ3) is 2.94. The number of likely N-dealkylation sites (N-methyl/N-ethyl adjacent to an activating group) is 1. The van der Waals surface area contributed by atoms with Gasteiger partial charge in [0.25, 0.3) is 0 Å². The van der Waals surface area contributed by atoms with E-state index in [1.165, 1.54) is 5.56 Å². The maximum Gasteiger partial charge on any atom is 0.121 e. The quantitative estimate of drug-likeness (QED) is 0.858. The van der Waals surface area contributed by atoms with Crippen LogP contribution in [0.1, 0.15) is 30.0 Å². The molecule has 90 valence electrons. The summed E-state index contributed by atoms with van der Waals surface area (Å²) in [6.45, 7) is 2.10. The molecule has 2 rings (SSSR count). The van der Waals surface area contributed by atoms with Crippen LogP contribution in [-0.2, 0) is 12.8 Å². The minimum Gasteiger partial charge on any atom is -0.464 e. The van der Waals surface area contributed by atoms with Gasteiger partial charge in [0.15, 0.2) is 0 Å². The molecule has 1 unspecified atom stereocenters. The Labute approximate surface area is 102 Å². The Morgan fingerprint density at radius 3 is 2.59 bits per heavy atom. The van der Waals surface area contributed by atoms with E-state index in [9.17, 15) is 0 Å². The van der Waals surface area contributed by atoms with Crippen molar-refractivity contribution in [1.82, 2.24) is 10.3 Å². The van der Waals surface area contributed by atoms with Crippen molar-refractivity contribution in [3.8, 4) is 0 Å². The first-order chi connectivity index (χ1) is 8.33. The van der Waals surface area contributed by atoms with Gasteiger partial charge in [0.2, 0.25) is 0 Å². The van der Waals surface area contributed by atoms with Gasteiger partial charge in [0, 0.05) is 18.8 Å². The zero-order valence-corrected chi connectivity index (χ0v) is 10.3. The lowest BCUT2D eigenvalue weighted by atomic mass is 10.1. The van der Waals surface area contributed by atoms with E-state index in [1.54, 1.807) is 0 Å². The molecule has 0 aliphatic rings. The second-order valence-electron chi connectivity index (χ2n) is 4.06. The van der Waals surface area contributed by atoms with Crippen LogP contribution in [0, 0.1) is 0 Å². The van der Waals surface area contributed by atoms with Crippen LogP contribution in [0.25, 0.3) is 0 Å². The summed E-state index contributed by atoms with van der Waals surface area (Å²) in [4.78, 5) is 4.02. The van der Waals surface area contributed by atoms with Crippen LogP contribution in [0.5, 0.6) is 0 Å². The highest BCUT2D eigenvalue weighted by Gasteiger charge is 2.13. The molecule has 0 saturated heterocycles. The number of rotatable bonds is 5. The molecule has 0 amide bonds. The van der Waals surface area contributed by atoms with Gasteiger partial charge in [-0.3, -0.25) is 4.98 Å². The summed E-state index contributed by atoms with van der Waals surface area (Å²) >= 11 is 0. The Morgan fingerprint density at radius 1 is 1.24 bits per heavy atom. The first-order valence-electron chi connectivity index (χ1n) is 5.98. The summed E-state index contributed by atoms with van der Waals surface area (Å²) in [6, 6.07) is 8.40. The monoisotopic (exact) mass is 230 g/mol. The molecule has 0 aliphatic carbocycles. The zero-order chi connectivity index (χ0) is 12.1. The highest BCUT2D eigenvalue weighted by Crippen LogP contribution is 2.20. The Kier molecular flexibility index (Phi) is 3.94. The van der Waals surface area contributed by atoms with Gasteiger partial charge in [-0.15, -0.1) is 0 Å². The van der Waals surface area contributed by atoms with Crippen LogP contribution in [0.2, 0.25) is 0 Å². The van der Waals surface area contributed by atoms with Crippen LogP contribution < -0.4 is 5.32 Å². The Bertz CT molecular complexity index is 450. The topological polar surface area (TPSA) is 38.1 Å². The number of aromatic nitrogens is 1. The van der Waals surface area contributed by atoms with Gasteiger partial charge in [-0.2, -0.15) is 0 Å². The molecule has 0 fully saturated rings. The van der Waals surface area contributed by atoms with Crippen LogP contribution in [0.15, 0.2) is 41.1 Å². The third-order valence-electron chi connectivity index (χ3n) is 2.91. The normalized spacial score (nSPS) is 12.6. The lowest BCUT2D eigenvalue weighted by molar-refractivity contribution is 0.407. The Morgan fingerprint density at radius 2 is 2.00 bits per heavy atom. The van der Waals surface area contributed by atoms with Gasteiger partial charge < -0.3 is 9.73 Å². The van der Waals surface area contributed by atoms with Crippen molar-refractivity contribution in [1.29, 1.82) is 0 Å². The molecular formula is C14H18N2O. The number of pyridine rings is 1. The first kappa shape index (κ1) is 11.9. The first-order valence-corrected chi connectivity index (χ1v) is 5.98. The van der Waals surface area contributed by atoms with Crippen molar-refractivity contribution in [2.75, 3.05) is 7.05 Å². The van der Waals surface area contributed by atoms with Crippen molar-refractivity contribution in [3.05, 3.63) is 53.7 Å². The molecular weight excluding hydrogens is 212 g/mol. The van der Waals surface area contributed by atoms with E-state index in [2.05, 4.69) is 23.3 Å². The number of nitrogens with one attached hydrogen (secondary N) is 1. The van der Waals surface area contributed by atoms with Crippen molar-refractivity contribution in [2.24, 2.45) is 0 Å². The van der Waals surface area contributed by atoms with Crippen molar-refractivity contribution >= 4 is 0 Å². The minimum absolute atomic E-state index is 0.220. The standard InChI is InChI=1S/C14H18N2O/c1-3-12-4-5-14(17-12)13(15-2)10-11-6-8-16-9-7-11/h4-9,13,15H,3,10H2,1-2H3. The molecule has 0 radical (unpaired) electrons. The molecule has 0 saturated carbocycles. The highest BCUT2D eigenvalue weighted by atomic mass is 16.3. The summed E-state index contributed by atoms with van der Waals surface area (Å²) in [6.07, 6.45) is 5.49. The summed E-state index contributed by atoms with van der Waals surface area (Å²) in [5, 5.41) is 3.29. The van der Waals surface area contributed by atoms with Crippen LogP contribution in [-0.4, -0.2) is 12.0 Å². The van der Waals surface area contributed by atoms with Gasteiger partial charge in [0.05, 0.1) is 6.04 Å². The second kappa shape index (κ2) is 5.64.